The second-order valence-electron chi connectivity index (χ2n) is 9.38. The van der Waals surface area contributed by atoms with E-state index in [1.165, 1.54) is 17.7 Å². The number of carbonyl (C=O) groups is 2. The van der Waals surface area contributed by atoms with Gasteiger partial charge in [0, 0.05) is 44.3 Å². The second kappa shape index (κ2) is 8.09. The van der Waals surface area contributed by atoms with Gasteiger partial charge < -0.3 is 24.7 Å². The van der Waals surface area contributed by atoms with E-state index in [0.717, 1.165) is 51.6 Å². The van der Waals surface area contributed by atoms with Crippen molar-refractivity contribution in [1.82, 2.24) is 19.6 Å². The fourth-order valence-electron chi connectivity index (χ4n) is 6.14. The number of carbonyl (C=O) groups excluding carboxylic acids is 1. The van der Waals surface area contributed by atoms with Crippen LogP contribution in [-0.4, -0.2) is 93.2 Å². The van der Waals surface area contributed by atoms with Crippen LogP contribution >= 0.6 is 0 Å². The summed E-state index contributed by atoms with van der Waals surface area (Å²) in [6, 6.07) is 2.26. The number of nitrogens with zero attached hydrogens (tertiary/aromatic N) is 4. The van der Waals surface area contributed by atoms with Crippen molar-refractivity contribution >= 4 is 12.1 Å². The van der Waals surface area contributed by atoms with Crippen LogP contribution < -0.4 is 0 Å². The van der Waals surface area contributed by atoms with Gasteiger partial charge in [-0.05, 0) is 52.4 Å². The van der Waals surface area contributed by atoms with E-state index >= 15 is 0 Å². The van der Waals surface area contributed by atoms with E-state index in [4.69, 9.17) is 5.11 Å². The average molecular weight is 393 g/mol. The van der Waals surface area contributed by atoms with Crippen LogP contribution in [0, 0.1) is 0 Å². The first-order chi connectivity index (χ1) is 13.5. The molecule has 0 unspecified atom stereocenters. The maximum absolute atomic E-state index is 13.3. The minimum absolute atomic E-state index is 0.278. The zero-order valence-corrected chi connectivity index (χ0v) is 17.4. The molecule has 0 aromatic carbocycles. The third-order valence-corrected chi connectivity index (χ3v) is 7.55. The van der Waals surface area contributed by atoms with Crippen molar-refractivity contribution in [3.05, 3.63) is 0 Å². The van der Waals surface area contributed by atoms with Crippen molar-refractivity contribution in [2.45, 2.75) is 95.4 Å². The van der Waals surface area contributed by atoms with Gasteiger partial charge in [-0.15, -0.1) is 0 Å². The second-order valence-corrected chi connectivity index (χ2v) is 9.38. The molecule has 3 amide bonds. The third-order valence-electron chi connectivity index (χ3n) is 7.55. The molecule has 7 nitrogen and oxygen atoms in total. The third kappa shape index (κ3) is 3.58. The Balaban J connectivity index is 1.36. The molecule has 3 heterocycles. The van der Waals surface area contributed by atoms with E-state index in [0.29, 0.717) is 37.3 Å². The van der Waals surface area contributed by atoms with Crippen LogP contribution in [0.15, 0.2) is 0 Å². The van der Waals surface area contributed by atoms with Crippen LogP contribution in [0.5, 0.6) is 0 Å². The Labute approximate surface area is 168 Å². The van der Waals surface area contributed by atoms with E-state index in [9.17, 15) is 9.59 Å². The molecule has 0 radical (unpaired) electrons. The topological polar surface area (TPSA) is 67.3 Å². The van der Waals surface area contributed by atoms with Crippen LogP contribution in [0.25, 0.3) is 0 Å². The molecule has 1 N–H and O–H groups in total. The maximum atomic E-state index is 13.3. The molecule has 4 aliphatic rings. The minimum atomic E-state index is -0.790. The number of hydrogen-bond acceptors (Lipinski definition) is 3. The summed E-state index contributed by atoms with van der Waals surface area (Å²) in [5, 5.41) is 9.14. The minimum Gasteiger partial charge on any atom is -0.465 e. The van der Waals surface area contributed by atoms with E-state index in [-0.39, 0.29) is 12.1 Å². The van der Waals surface area contributed by atoms with Gasteiger partial charge in [0.2, 0.25) is 0 Å². The molecule has 3 saturated heterocycles. The lowest BCUT2D eigenvalue weighted by atomic mass is 9.88. The molecule has 4 fully saturated rings. The Bertz CT molecular complexity index is 582. The quantitative estimate of drug-likeness (QED) is 0.802. The van der Waals surface area contributed by atoms with Gasteiger partial charge in [0.05, 0.1) is 12.1 Å². The van der Waals surface area contributed by atoms with Crippen LogP contribution in [-0.2, 0) is 0 Å². The lowest BCUT2D eigenvalue weighted by Gasteiger charge is -2.44. The van der Waals surface area contributed by atoms with Crippen LogP contribution in [0.2, 0.25) is 0 Å². The molecule has 3 aliphatic heterocycles. The Morgan fingerprint density at radius 1 is 0.893 bits per heavy atom. The summed E-state index contributed by atoms with van der Waals surface area (Å²) in [5.41, 5.74) is 0. The molecule has 158 valence electrons. The highest BCUT2D eigenvalue weighted by Crippen LogP contribution is 2.38. The summed E-state index contributed by atoms with van der Waals surface area (Å²) in [6.07, 6.45) is 8.01. The molecule has 1 aliphatic carbocycles. The van der Waals surface area contributed by atoms with E-state index in [1.807, 2.05) is 0 Å². The standard InChI is InChI=1S/C21H36N4O3/c1-15(2)24-18-5-3-4-6-19(18)25(20(24)26)17-9-11-22(12-10-17)16-7-13-23(14-8-16)21(27)28/h15-19H,3-14H2,1-2H3,(H,27,28)/t18-,19-/m0/s1. The molecule has 0 spiro atoms. The van der Waals surface area contributed by atoms with Gasteiger partial charge in [0.25, 0.3) is 0 Å². The summed E-state index contributed by atoms with van der Waals surface area (Å²) in [4.78, 5) is 32.9. The predicted molar refractivity (Wildman–Crippen MR) is 107 cm³/mol. The molecule has 0 bridgehead atoms. The number of likely N-dealkylation sites (tertiary alicyclic amines) is 2. The van der Waals surface area contributed by atoms with Crippen molar-refractivity contribution < 1.29 is 14.7 Å². The number of amides is 3. The van der Waals surface area contributed by atoms with Gasteiger partial charge in [0.15, 0.2) is 0 Å². The molecule has 4 rings (SSSR count). The number of fused-ring (bicyclic) bond motifs is 1. The number of piperidine rings is 2. The monoisotopic (exact) mass is 392 g/mol. The van der Waals surface area contributed by atoms with Gasteiger partial charge in [-0.2, -0.15) is 0 Å². The van der Waals surface area contributed by atoms with E-state index < -0.39 is 6.09 Å². The molecule has 2 atom stereocenters. The van der Waals surface area contributed by atoms with Gasteiger partial charge >= 0.3 is 12.1 Å². The van der Waals surface area contributed by atoms with Gasteiger partial charge in [-0.1, -0.05) is 12.8 Å². The van der Waals surface area contributed by atoms with E-state index in [2.05, 4.69) is 28.5 Å². The highest BCUT2D eigenvalue weighted by atomic mass is 16.4. The van der Waals surface area contributed by atoms with Crippen molar-refractivity contribution in [3.63, 3.8) is 0 Å². The number of hydrogen-bond donors (Lipinski definition) is 1. The average Bonchev–Trinajstić information content (AvgIpc) is 3.00. The maximum Gasteiger partial charge on any atom is 0.407 e. The normalized spacial score (nSPS) is 31.0. The zero-order chi connectivity index (χ0) is 19.8. The molecule has 0 aromatic rings. The lowest BCUT2D eigenvalue weighted by molar-refractivity contribution is 0.0553. The number of carboxylic acid groups (broad SMARTS) is 1. The van der Waals surface area contributed by atoms with Crippen molar-refractivity contribution in [2.75, 3.05) is 26.2 Å². The summed E-state index contributed by atoms with van der Waals surface area (Å²) in [5.74, 6) is 0. The SMILES string of the molecule is CC(C)N1C(=O)N(C2CCN(C3CCN(C(=O)O)CC3)CC2)[C@H]2CCCC[C@@H]21. The molecule has 28 heavy (non-hydrogen) atoms. The highest BCUT2D eigenvalue weighted by molar-refractivity contribution is 5.78. The Morgan fingerprint density at radius 3 is 2.04 bits per heavy atom. The largest absolute Gasteiger partial charge is 0.465 e. The van der Waals surface area contributed by atoms with Crippen LogP contribution in [0.1, 0.15) is 65.2 Å². The van der Waals surface area contributed by atoms with Gasteiger partial charge in [-0.3, -0.25) is 0 Å². The fourth-order valence-corrected chi connectivity index (χ4v) is 6.14. The van der Waals surface area contributed by atoms with Crippen LogP contribution in [0.4, 0.5) is 9.59 Å². The Hall–Kier alpha value is -1.50. The number of urea groups is 1. The van der Waals surface area contributed by atoms with E-state index in [1.54, 1.807) is 0 Å². The summed E-state index contributed by atoms with van der Waals surface area (Å²) >= 11 is 0. The first kappa shape index (κ1) is 19.8. The van der Waals surface area contributed by atoms with Crippen molar-refractivity contribution in [3.8, 4) is 0 Å². The molecular weight excluding hydrogens is 356 g/mol. The molecule has 0 aromatic heterocycles. The zero-order valence-electron chi connectivity index (χ0n) is 17.4. The smallest absolute Gasteiger partial charge is 0.407 e. The molecule has 7 heteroatoms. The Kier molecular flexibility index (Phi) is 5.72. The van der Waals surface area contributed by atoms with Crippen molar-refractivity contribution in [1.29, 1.82) is 0 Å². The molecule has 1 saturated carbocycles. The fraction of sp³-hybridized carbons (Fsp3) is 0.905. The first-order valence-corrected chi connectivity index (χ1v) is 11.3. The Morgan fingerprint density at radius 2 is 1.46 bits per heavy atom. The van der Waals surface area contributed by atoms with Gasteiger partial charge in [0.1, 0.15) is 0 Å². The summed E-state index contributed by atoms with van der Waals surface area (Å²) < 4.78 is 0. The molecular formula is C21H36N4O3. The van der Waals surface area contributed by atoms with Crippen LogP contribution in [0.3, 0.4) is 0 Å². The predicted octanol–water partition coefficient (Wildman–Crippen LogP) is 3.05. The summed E-state index contributed by atoms with van der Waals surface area (Å²) in [7, 11) is 0. The first-order valence-electron chi connectivity index (χ1n) is 11.3. The van der Waals surface area contributed by atoms with Crippen molar-refractivity contribution in [2.24, 2.45) is 0 Å². The highest BCUT2D eigenvalue weighted by Gasteiger charge is 2.50. The number of rotatable bonds is 3. The lowest BCUT2D eigenvalue weighted by Crippen LogP contribution is -2.53. The van der Waals surface area contributed by atoms with Gasteiger partial charge in [-0.25, -0.2) is 9.59 Å². The summed E-state index contributed by atoms with van der Waals surface area (Å²) in [6.45, 7) is 7.67.